The van der Waals surface area contributed by atoms with Crippen LogP contribution in [0.4, 0.5) is 8.78 Å². The van der Waals surface area contributed by atoms with Gasteiger partial charge in [-0.3, -0.25) is 0 Å². The molecule has 1 unspecified atom stereocenters. The van der Waals surface area contributed by atoms with Crippen LogP contribution < -0.4 is 5.73 Å². The average molecular weight is 197 g/mol. The zero-order valence-corrected chi connectivity index (χ0v) is 7.55. The van der Waals surface area contributed by atoms with Crippen molar-refractivity contribution in [3.05, 3.63) is 35.6 Å². The molecule has 4 heteroatoms. The largest absolute Gasteiger partial charge is 0.456 e. The highest BCUT2D eigenvalue weighted by Gasteiger charge is 2.13. The molecular weight excluding hydrogens is 188 g/mol. The van der Waals surface area contributed by atoms with Crippen LogP contribution in [-0.2, 0) is 0 Å². The molecule has 0 spiro atoms. The van der Waals surface area contributed by atoms with Crippen molar-refractivity contribution in [2.24, 2.45) is 5.73 Å². The third-order valence-electron chi connectivity index (χ3n) is 2.05. The van der Waals surface area contributed by atoms with Crippen molar-refractivity contribution in [3.63, 3.8) is 0 Å². The molecule has 0 saturated carbocycles. The standard InChI is InChI=1S/C10H9F2NO/c1-5(13)8-4-6-2-3-7(11)9(12)10(6)14-8/h2-5H,13H2,1H3. The Morgan fingerprint density at radius 1 is 1.36 bits per heavy atom. The zero-order chi connectivity index (χ0) is 10.3. The summed E-state index contributed by atoms with van der Waals surface area (Å²) in [6, 6.07) is 3.81. The number of nitrogens with two attached hydrogens (primary N) is 1. The lowest BCUT2D eigenvalue weighted by Crippen LogP contribution is -2.02. The molecule has 0 aliphatic heterocycles. The first-order chi connectivity index (χ1) is 6.59. The van der Waals surface area contributed by atoms with Crippen LogP contribution in [0.15, 0.2) is 22.6 Å². The molecule has 0 saturated heterocycles. The summed E-state index contributed by atoms with van der Waals surface area (Å²) in [6.07, 6.45) is 0. The SMILES string of the molecule is CC(N)c1cc2ccc(F)c(F)c2o1. The molecular formula is C10H9F2NO. The molecule has 2 N–H and O–H groups in total. The predicted octanol–water partition coefficient (Wildman–Crippen LogP) is 2.73. The van der Waals surface area contributed by atoms with Gasteiger partial charge in [0.2, 0.25) is 5.82 Å². The van der Waals surface area contributed by atoms with Gasteiger partial charge in [-0.05, 0) is 25.1 Å². The first-order valence-corrected chi connectivity index (χ1v) is 4.22. The summed E-state index contributed by atoms with van der Waals surface area (Å²) in [6.45, 7) is 1.71. The quantitative estimate of drug-likeness (QED) is 0.763. The highest BCUT2D eigenvalue weighted by atomic mass is 19.2. The van der Waals surface area contributed by atoms with E-state index >= 15 is 0 Å². The minimum atomic E-state index is -0.964. The van der Waals surface area contributed by atoms with E-state index in [0.717, 1.165) is 6.07 Å². The van der Waals surface area contributed by atoms with E-state index in [0.29, 0.717) is 11.1 Å². The Bertz CT molecular complexity index is 476. The van der Waals surface area contributed by atoms with Crippen molar-refractivity contribution in [1.29, 1.82) is 0 Å². The number of hydrogen-bond donors (Lipinski definition) is 1. The molecule has 1 aromatic heterocycles. The van der Waals surface area contributed by atoms with Crippen molar-refractivity contribution in [2.75, 3.05) is 0 Å². The van der Waals surface area contributed by atoms with Crippen LogP contribution in [0.5, 0.6) is 0 Å². The topological polar surface area (TPSA) is 39.2 Å². The number of benzene rings is 1. The molecule has 0 aliphatic rings. The van der Waals surface area contributed by atoms with Crippen molar-refractivity contribution < 1.29 is 13.2 Å². The number of hydrogen-bond acceptors (Lipinski definition) is 2. The van der Waals surface area contributed by atoms with Gasteiger partial charge >= 0.3 is 0 Å². The number of halogens is 2. The molecule has 0 radical (unpaired) electrons. The number of fused-ring (bicyclic) bond motifs is 1. The Kier molecular flexibility index (Phi) is 2.00. The lowest BCUT2D eigenvalue weighted by Gasteiger charge is -1.97. The summed E-state index contributed by atoms with van der Waals surface area (Å²) in [5.74, 6) is -1.43. The van der Waals surface area contributed by atoms with Crippen molar-refractivity contribution in [3.8, 4) is 0 Å². The molecule has 1 aromatic carbocycles. The maximum absolute atomic E-state index is 13.2. The van der Waals surface area contributed by atoms with Gasteiger partial charge in [0.25, 0.3) is 0 Å². The fraction of sp³-hybridized carbons (Fsp3) is 0.200. The summed E-state index contributed by atoms with van der Waals surface area (Å²) in [7, 11) is 0. The monoisotopic (exact) mass is 197 g/mol. The van der Waals surface area contributed by atoms with Crippen LogP contribution in [-0.4, -0.2) is 0 Å². The van der Waals surface area contributed by atoms with E-state index in [9.17, 15) is 8.78 Å². The molecule has 2 nitrogen and oxygen atoms in total. The molecule has 74 valence electrons. The fourth-order valence-electron chi connectivity index (χ4n) is 1.29. The summed E-state index contributed by atoms with van der Waals surface area (Å²) in [4.78, 5) is 0. The third-order valence-corrected chi connectivity index (χ3v) is 2.05. The lowest BCUT2D eigenvalue weighted by atomic mass is 10.2. The second kappa shape index (κ2) is 3.06. The van der Waals surface area contributed by atoms with Gasteiger partial charge in [0.15, 0.2) is 11.4 Å². The third kappa shape index (κ3) is 1.28. The van der Waals surface area contributed by atoms with Gasteiger partial charge in [0, 0.05) is 5.39 Å². The van der Waals surface area contributed by atoms with E-state index in [1.54, 1.807) is 13.0 Å². The molecule has 1 atom stereocenters. The van der Waals surface area contributed by atoms with Crippen LogP contribution in [0.25, 0.3) is 11.0 Å². The Morgan fingerprint density at radius 2 is 2.07 bits per heavy atom. The molecule has 0 amide bonds. The first-order valence-electron chi connectivity index (χ1n) is 4.22. The fourth-order valence-corrected chi connectivity index (χ4v) is 1.29. The zero-order valence-electron chi connectivity index (χ0n) is 7.55. The van der Waals surface area contributed by atoms with Gasteiger partial charge in [-0.2, -0.15) is 4.39 Å². The van der Waals surface area contributed by atoms with E-state index in [-0.39, 0.29) is 11.6 Å². The Labute approximate surface area is 79.3 Å². The smallest absolute Gasteiger partial charge is 0.201 e. The van der Waals surface area contributed by atoms with E-state index < -0.39 is 11.6 Å². The molecule has 0 fully saturated rings. The maximum atomic E-state index is 13.2. The summed E-state index contributed by atoms with van der Waals surface area (Å²) in [5, 5.41) is 0.524. The van der Waals surface area contributed by atoms with Crippen molar-refractivity contribution >= 4 is 11.0 Å². The van der Waals surface area contributed by atoms with Crippen LogP contribution in [0.2, 0.25) is 0 Å². The van der Waals surface area contributed by atoms with Crippen LogP contribution in [0.3, 0.4) is 0 Å². The predicted molar refractivity (Wildman–Crippen MR) is 48.7 cm³/mol. The second-order valence-electron chi connectivity index (χ2n) is 3.22. The molecule has 0 aliphatic carbocycles. The average Bonchev–Trinajstić information content (AvgIpc) is 2.56. The van der Waals surface area contributed by atoms with Gasteiger partial charge in [-0.15, -0.1) is 0 Å². The van der Waals surface area contributed by atoms with Crippen LogP contribution in [0.1, 0.15) is 18.7 Å². The first kappa shape index (κ1) is 9.15. The Morgan fingerprint density at radius 3 is 2.71 bits per heavy atom. The van der Waals surface area contributed by atoms with Gasteiger partial charge in [-0.1, -0.05) is 0 Å². The number of rotatable bonds is 1. The molecule has 2 aromatic rings. The maximum Gasteiger partial charge on any atom is 0.201 e. The van der Waals surface area contributed by atoms with E-state index in [4.69, 9.17) is 10.2 Å². The summed E-state index contributed by atoms with van der Waals surface area (Å²) in [5.41, 5.74) is 5.48. The Hall–Kier alpha value is -1.42. The molecule has 14 heavy (non-hydrogen) atoms. The lowest BCUT2D eigenvalue weighted by molar-refractivity contribution is 0.466. The minimum absolute atomic E-state index is 0.0719. The Balaban J connectivity index is 2.71. The molecule has 0 bridgehead atoms. The van der Waals surface area contributed by atoms with Crippen molar-refractivity contribution in [1.82, 2.24) is 0 Å². The van der Waals surface area contributed by atoms with Gasteiger partial charge in [0.05, 0.1) is 6.04 Å². The number of furan rings is 1. The second-order valence-corrected chi connectivity index (χ2v) is 3.22. The minimum Gasteiger partial charge on any atom is -0.456 e. The van der Waals surface area contributed by atoms with E-state index in [1.807, 2.05) is 0 Å². The van der Waals surface area contributed by atoms with Gasteiger partial charge in [0.1, 0.15) is 5.76 Å². The van der Waals surface area contributed by atoms with Crippen LogP contribution in [0, 0.1) is 11.6 Å². The summed E-state index contributed by atoms with van der Waals surface area (Å²) >= 11 is 0. The highest BCUT2D eigenvalue weighted by molar-refractivity contribution is 5.78. The van der Waals surface area contributed by atoms with E-state index in [1.165, 1.54) is 6.07 Å². The van der Waals surface area contributed by atoms with Crippen LogP contribution >= 0.6 is 0 Å². The highest BCUT2D eigenvalue weighted by Crippen LogP contribution is 2.26. The molecule has 2 rings (SSSR count). The summed E-state index contributed by atoms with van der Waals surface area (Å²) < 4.78 is 31.1. The van der Waals surface area contributed by atoms with E-state index in [2.05, 4.69) is 0 Å². The normalized spacial score (nSPS) is 13.4. The molecule has 1 heterocycles. The van der Waals surface area contributed by atoms with Crippen molar-refractivity contribution in [2.45, 2.75) is 13.0 Å². The van der Waals surface area contributed by atoms with Gasteiger partial charge < -0.3 is 10.2 Å². The van der Waals surface area contributed by atoms with Gasteiger partial charge in [-0.25, -0.2) is 4.39 Å².